The van der Waals surface area contributed by atoms with Crippen molar-refractivity contribution in [2.45, 2.75) is 24.0 Å². The molecule has 3 N–H and O–H groups in total. The van der Waals surface area contributed by atoms with E-state index >= 15 is 0 Å². The second-order valence-electron chi connectivity index (χ2n) is 4.10. The lowest BCUT2D eigenvalue weighted by molar-refractivity contribution is 0.0697. The van der Waals surface area contributed by atoms with E-state index < -0.39 is 16.0 Å². The molecule has 0 saturated carbocycles. The largest absolute Gasteiger partial charge is 0.478 e. The Morgan fingerprint density at radius 3 is 2.68 bits per heavy atom. The van der Waals surface area contributed by atoms with Gasteiger partial charge in [0.1, 0.15) is 4.21 Å². The quantitative estimate of drug-likeness (QED) is 0.668. The predicted octanol–water partition coefficient (Wildman–Crippen LogP) is 1.13. The molecule has 0 aliphatic rings. The molecule has 1 heterocycles. The van der Waals surface area contributed by atoms with E-state index in [9.17, 15) is 13.2 Å². The first-order valence-corrected chi connectivity index (χ1v) is 8.19. The summed E-state index contributed by atoms with van der Waals surface area (Å²) in [6.45, 7) is 2.17. The highest BCUT2D eigenvalue weighted by Gasteiger charge is 2.19. The van der Waals surface area contributed by atoms with Crippen LogP contribution in [0.5, 0.6) is 0 Å². The fraction of sp³-hybridized carbons (Fsp3) is 0.545. The zero-order valence-corrected chi connectivity index (χ0v) is 12.1. The Hall–Kier alpha value is -0.960. The molecule has 0 aliphatic heterocycles. The number of thiophene rings is 1. The number of nitrogens with one attached hydrogen (secondary N) is 1. The fourth-order valence-corrected chi connectivity index (χ4v) is 3.82. The molecule has 1 rings (SSSR count). The first-order chi connectivity index (χ1) is 8.90. The molecule has 0 radical (unpaired) electrons. The van der Waals surface area contributed by atoms with Gasteiger partial charge < -0.3 is 10.2 Å². The number of aromatic carboxylic acids is 1. The lowest BCUT2D eigenvalue weighted by Gasteiger charge is -2.13. The third-order valence-corrected chi connectivity index (χ3v) is 5.63. The summed E-state index contributed by atoms with van der Waals surface area (Å²) in [6.07, 6.45) is 1.29. The molecule has 0 aromatic carbocycles. The Morgan fingerprint density at radius 1 is 1.53 bits per heavy atom. The van der Waals surface area contributed by atoms with Gasteiger partial charge in [0.2, 0.25) is 10.0 Å². The Labute approximate surface area is 116 Å². The van der Waals surface area contributed by atoms with Crippen molar-refractivity contribution < 1.29 is 23.4 Å². The van der Waals surface area contributed by atoms with Gasteiger partial charge >= 0.3 is 5.97 Å². The van der Waals surface area contributed by atoms with Crippen LogP contribution in [0.3, 0.4) is 0 Å². The summed E-state index contributed by atoms with van der Waals surface area (Å²) >= 11 is 0.877. The van der Waals surface area contributed by atoms with Crippen molar-refractivity contribution in [1.29, 1.82) is 0 Å². The molecule has 19 heavy (non-hydrogen) atoms. The topological polar surface area (TPSA) is 104 Å². The Bertz CT molecular complexity index is 523. The van der Waals surface area contributed by atoms with E-state index in [1.165, 1.54) is 5.38 Å². The summed E-state index contributed by atoms with van der Waals surface area (Å²) in [5, 5.41) is 18.9. The van der Waals surface area contributed by atoms with Gasteiger partial charge in [-0.2, -0.15) is 0 Å². The van der Waals surface area contributed by atoms with Crippen LogP contribution in [0.15, 0.2) is 15.7 Å². The molecule has 0 fully saturated rings. The van der Waals surface area contributed by atoms with Crippen LogP contribution in [0, 0.1) is 5.92 Å². The maximum atomic E-state index is 11.9. The van der Waals surface area contributed by atoms with Gasteiger partial charge in [0.05, 0.1) is 5.56 Å². The minimum absolute atomic E-state index is 0.0104. The molecule has 108 valence electrons. The average Bonchev–Trinajstić information content (AvgIpc) is 2.85. The lowest BCUT2D eigenvalue weighted by atomic mass is 10.0. The molecule has 1 unspecified atom stereocenters. The molecular weight excluding hydrogens is 290 g/mol. The lowest BCUT2D eigenvalue weighted by Crippen LogP contribution is -2.29. The molecule has 0 aliphatic carbocycles. The van der Waals surface area contributed by atoms with Crippen molar-refractivity contribution in [3.63, 3.8) is 0 Å². The van der Waals surface area contributed by atoms with Crippen LogP contribution >= 0.6 is 11.3 Å². The maximum absolute atomic E-state index is 11.9. The maximum Gasteiger partial charge on any atom is 0.336 e. The summed E-state index contributed by atoms with van der Waals surface area (Å²) in [5.41, 5.74) is -0.0345. The van der Waals surface area contributed by atoms with E-state index in [4.69, 9.17) is 10.2 Å². The second-order valence-corrected chi connectivity index (χ2v) is 7.00. The van der Waals surface area contributed by atoms with Crippen molar-refractivity contribution in [2.75, 3.05) is 13.2 Å². The minimum Gasteiger partial charge on any atom is -0.478 e. The number of hydrogen-bond donors (Lipinski definition) is 3. The van der Waals surface area contributed by atoms with Gasteiger partial charge in [0.25, 0.3) is 0 Å². The summed E-state index contributed by atoms with van der Waals surface area (Å²) in [6, 6.07) is 1.14. The van der Waals surface area contributed by atoms with Crippen molar-refractivity contribution in [1.82, 2.24) is 4.72 Å². The number of carboxylic acids is 1. The first-order valence-electron chi connectivity index (χ1n) is 5.83. The minimum atomic E-state index is -3.67. The van der Waals surface area contributed by atoms with Gasteiger partial charge in [0, 0.05) is 18.5 Å². The molecule has 8 heteroatoms. The van der Waals surface area contributed by atoms with Gasteiger partial charge in [-0.1, -0.05) is 13.3 Å². The van der Waals surface area contributed by atoms with Crippen LogP contribution in [0.2, 0.25) is 0 Å². The molecule has 1 atom stereocenters. The third kappa shape index (κ3) is 4.57. The number of aliphatic hydroxyl groups excluding tert-OH is 1. The fourth-order valence-electron chi connectivity index (χ4n) is 1.50. The van der Waals surface area contributed by atoms with Gasteiger partial charge in [-0.3, -0.25) is 0 Å². The Kier molecular flexibility index (Phi) is 5.92. The molecule has 6 nitrogen and oxygen atoms in total. The van der Waals surface area contributed by atoms with Gasteiger partial charge in [0.15, 0.2) is 0 Å². The highest BCUT2D eigenvalue weighted by atomic mass is 32.2. The molecule has 1 aromatic heterocycles. The van der Waals surface area contributed by atoms with E-state index in [0.29, 0.717) is 6.42 Å². The van der Waals surface area contributed by atoms with Crippen molar-refractivity contribution >= 4 is 27.3 Å². The Balaban J connectivity index is 2.72. The van der Waals surface area contributed by atoms with Crippen LogP contribution < -0.4 is 4.72 Å². The number of hydrogen-bond acceptors (Lipinski definition) is 5. The van der Waals surface area contributed by atoms with E-state index in [1.54, 1.807) is 0 Å². The average molecular weight is 307 g/mol. The second kappa shape index (κ2) is 6.99. The highest BCUT2D eigenvalue weighted by Crippen LogP contribution is 2.20. The number of carboxylic acid groups (broad SMARTS) is 1. The summed E-state index contributed by atoms with van der Waals surface area (Å²) in [7, 11) is -3.67. The van der Waals surface area contributed by atoms with Gasteiger partial charge in [-0.15, -0.1) is 11.3 Å². The molecule has 0 amide bonds. The van der Waals surface area contributed by atoms with E-state index in [0.717, 1.165) is 23.8 Å². The molecular formula is C11H17NO5S2. The number of carbonyl (C=O) groups is 1. The van der Waals surface area contributed by atoms with E-state index in [-0.39, 0.29) is 28.8 Å². The van der Waals surface area contributed by atoms with Crippen LogP contribution in [-0.2, 0) is 10.0 Å². The van der Waals surface area contributed by atoms with Crippen LogP contribution in [-0.4, -0.2) is 37.8 Å². The van der Waals surface area contributed by atoms with Crippen LogP contribution in [0.1, 0.15) is 30.1 Å². The molecule has 1 aromatic rings. The van der Waals surface area contributed by atoms with Crippen molar-refractivity contribution in [3.05, 3.63) is 17.0 Å². The van der Waals surface area contributed by atoms with Gasteiger partial charge in [-0.05, 0) is 18.4 Å². The third-order valence-electron chi connectivity index (χ3n) is 2.76. The highest BCUT2D eigenvalue weighted by molar-refractivity contribution is 7.91. The van der Waals surface area contributed by atoms with E-state index in [2.05, 4.69) is 4.72 Å². The summed E-state index contributed by atoms with van der Waals surface area (Å²) < 4.78 is 26.3. The monoisotopic (exact) mass is 307 g/mol. The van der Waals surface area contributed by atoms with Crippen molar-refractivity contribution in [3.8, 4) is 0 Å². The smallest absolute Gasteiger partial charge is 0.336 e. The summed E-state index contributed by atoms with van der Waals surface area (Å²) in [5.74, 6) is -1.08. The molecule has 0 bridgehead atoms. The number of sulfonamides is 1. The standard InChI is InChI=1S/C11H17NO5S2/c1-2-8(3-4-13)6-12-19(16,17)10-5-9(7-18-10)11(14)15/h5,7-8,12-13H,2-4,6H2,1H3,(H,14,15). The van der Waals surface area contributed by atoms with Crippen LogP contribution in [0.4, 0.5) is 0 Å². The normalized spacial score (nSPS) is 13.4. The first kappa shape index (κ1) is 16.1. The van der Waals surface area contributed by atoms with Gasteiger partial charge in [-0.25, -0.2) is 17.9 Å². The number of aliphatic hydroxyl groups is 1. The predicted molar refractivity (Wildman–Crippen MR) is 72.0 cm³/mol. The van der Waals surface area contributed by atoms with Crippen LogP contribution in [0.25, 0.3) is 0 Å². The SMILES string of the molecule is CCC(CCO)CNS(=O)(=O)c1cc(C(=O)O)cs1. The zero-order valence-electron chi connectivity index (χ0n) is 10.5. The molecule has 0 saturated heterocycles. The molecule has 0 spiro atoms. The zero-order chi connectivity index (χ0) is 14.5. The number of rotatable bonds is 8. The van der Waals surface area contributed by atoms with E-state index in [1.807, 2.05) is 6.92 Å². The van der Waals surface area contributed by atoms with Crippen molar-refractivity contribution in [2.24, 2.45) is 5.92 Å². The Morgan fingerprint density at radius 2 is 2.21 bits per heavy atom. The summed E-state index contributed by atoms with van der Waals surface area (Å²) in [4.78, 5) is 10.7.